The first-order valence-corrected chi connectivity index (χ1v) is 9.87. The van der Waals surface area contributed by atoms with Crippen molar-refractivity contribution in [1.82, 2.24) is 4.98 Å². The number of sulfone groups is 1. The zero-order valence-corrected chi connectivity index (χ0v) is 14.4. The molecular weight excluding hydrogens is 339 g/mol. The minimum Gasteiger partial charge on any atom is -0.358 e. The number of fused-ring (bicyclic) bond motifs is 3. The molecule has 0 amide bonds. The lowest BCUT2D eigenvalue weighted by Crippen LogP contribution is -2.38. The molecule has 0 saturated heterocycles. The number of hydrogen-bond donors (Lipinski definition) is 2. The quantitative estimate of drug-likeness (QED) is 0.704. The summed E-state index contributed by atoms with van der Waals surface area (Å²) in [6.07, 6.45) is 2.50. The normalized spacial score (nSPS) is 18.9. The number of nitrogens with two attached hydrogens (primary N) is 1. The van der Waals surface area contributed by atoms with Crippen LogP contribution in [0.3, 0.4) is 0 Å². The van der Waals surface area contributed by atoms with Crippen molar-refractivity contribution in [3.05, 3.63) is 65.6 Å². The highest BCUT2D eigenvalue weighted by molar-refractivity contribution is 7.92. The molecule has 1 heterocycles. The van der Waals surface area contributed by atoms with Crippen LogP contribution in [0, 0.1) is 5.82 Å². The van der Waals surface area contributed by atoms with Crippen molar-refractivity contribution >= 4 is 20.7 Å². The van der Waals surface area contributed by atoms with Crippen LogP contribution in [0.25, 0.3) is 10.9 Å². The Balaban J connectivity index is 1.79. The maximum Gasteiger partial charge on any atom is 0.194 e. The van der Waals surface area contributed by atoms with E-state index in [0.29, 0.717) is 0 Å². The number of aryl methyl sites for hydroxylation is 1. The lowest BCUT2D eigenvalue weighted by molar-refractivity contribution is 0.506. The third-order valence-electron chi connectivity index (χ3n) is 5.04. The lowest BCUT2D eigenvalue weighted by Gasteiger charge is -2.28. The second-order valence-corrected chi connectivity index (χ2v) is 8.63. The molecule has 1 aliphatic rings. The molecule has 1 aromatic heterocycles. The van der Waals surface area contributed by atoms with Gasteiger partial charge in [-0.3, -0.25) is 0 Å². The van der Waals surface area contributed by atoms with Crippen LogP contribution in [0.15, 0.2) is 53.4 Å². The molecule has 0 aliphatic heterocycles. The summed E-state index contributed by atoms with van der Waals surface area (Å²) in [5, 5.41) is -0.0248. The number of H-pyrrole nitrogens is 1. The molecule has 0 saturated carbocycles. The van der Waals surface area contributed by atoms with Gasteiger partial charge in [0.1, 0.15) is 11.2 Å². The first-order valence-electron chi connectivity index (χ1n) is 8.33. The van der Waals surface area contributed by atoms with E-state index in [0.717, 1.165) is 53.6 Å². The Labute approximate surface area is 145 Å². The van der Waals surface area contributed by atoms with Crippen LogP contribution in [-0.2, 0) is 16.3 Å². The molecule has 4 rings (SSSR count). The van der Waals surface area contributed by atoms with Crippen LogP contribution in [0.2, 0.25) is 0 Å². The molecule has 0 fully saturated rings. The minimum absolute atomic E-state index is 0.0633. The summed E-state index contributed by atoms with van der Waals surface area (Å²) in [5.74, 6) is -0.751. The molecular formula is C19H19FN2O2S. The van der Waals surface area contributed by atoms with Crippen LogP contribution >= 0.6 is 0 Å². The van der Waals surface area contributed by atoms with E-state index in [4.69, 9.17) is 5.73 Å². The van der Waals surface area contributed by atoms with Gasteiger partial charge >= 0.3 is 0 Å². The van der Waals surface area contributed by atoms with Crippen LogP contribution < -0.4 is 5.73 Å². The van der Waals surface area contributed by atoms with Gasteiger partial charge in [0, 0.05) is 22.5 Å². The Bertz CT molecular complexity index is 1030. The topological polar surface area (TPSA) is 76.0 Å². The molecule has 2 atom stereocenters. The van der Waals surface area contributed by atoms with Crippen molar-refractivity contribution in [3.63, 3.8) is 0 Å². The largest absolute Gasteiger partial charge is 0.358 e. The highest BCUT2D eigenvalue weighted by atomic mass is 32.2. The van der Waals surface area contributed by atoms with E-state index in [2.05, 4.69) is 4.98 Å². The van der Waals surface area contributed by atoms with E-state index >= 15 is 0 Å². The molecule has 0 radical (unpaired) electrons. The van der Waals surface area contributed by atoms with E-state index in [1.807, 2.05) is 24.3 Å². The van der Waals surface area contributed by atoms with E-state index in [-0.39, 0.29) is 10.8 Å². The summed E-state index contributed by atoms with van der Waals surface area (Å²) in [6.45, 7) is 0. The number of benzene rings is 2. The van der Waals surface area contributed by atoms with Crippen LogP contribution in [0.4, 0.5) is 4.39 Å². The molecule has 6 heteroatoms. The Hall–Kier alpha value is -2.18. The smallest absolute Gasteiger partial charge is 0.194 e. The standard InChI is InChI=1S/C19H19FN2O2S/c20-12-8-10-13(11-9-12)25(23,24)19(21)15-5-3-7-17-18(15)14-4-1-2-6-16(14)22-17/h1-2,4,6,8-11,15,19,22H,3,5,7,21H2. The summed E-state index contributed by atoms with van der Waals surface area (Å²) in [7, 11) is -3.75. The fourth-order valence-corrected chi connectivity index (χ4v) is 5.34. The molecule has 3 N–H and O–H groups in total. The summed E-state index contributed by atoms with van der Waals surface area (Å²) >= 11 is 0. The second-order valence-electron chi connectivity index (χ2n) is 6.53. The van der Waals surface area contributed by atoms with Gasteiger partial charge in [0.25, 0.3) is 0 Å². The van der Waals surface area contributed by atoms with E-state index < -0.39 is 21.0 Å². The first kappa shape index (κ1) is 16.3. The molecule has 2 unspecified atom stereocenters. The molecule has 1 aliphatic carbocycles. The van der Waals surface area contributed by atoms with Gasteiger partial charge in [0.2, 0.25) is 0 Å². The van der Waals surface area contributed by atoms with Gasteiger partial charge in [0.15, 0.2) is 9.84 Å². The molecule has 0 spiro atoms. The van der Waals surface area contributed by atoms with Crippen LogP contribution in [-0.4, -0.2) is 18.8 Å². The molecule has 4 nitrogen and oxygen atoms in total. The predicted molar refractivity (Wildman–Crippen MR) is 95.5 cm³/mol. The van der Waals surface area contributed by atoms with Crippen molar-refractivity contribution < 1.29 is 12.8 Å². The minimum atomic E-state index is -3.75. The molecule has 2 aromatic carbocycles. The maximum atomic E-state index is 13.1. The van der Waals surface area contributed by atoms with Gasteiger partial charge in [0.05, 0.1) is 4.90 Å². The van der Waals surface area contributed by atoms with Crippen molar-refractivity contribution in [1.29, 1.82) is 0 Å². The van der Waals surface area contributed by atoms with E-state index in [9.17, 15) is 12.8 Å². The zero-order chi connectivity index (χ0) is 17.6. The summed E-state index contributed by atoms with van der Waals surface area (Å²) in [5.41, 5.74) is 9.36. The number of hydrogen-bond acceptors (Lipinski definition) is 3. The van der Waals surface area contributed by atoms with Gasteiger partial charge in [-0.1, -0.05) is 18.2 Å². The summed E-state index contributed by atoms with van der Waals surface area (Å²) < 4.78 is 39.0. The number of nitrogens with one attached hydrogen (secondary N) is 1. The lowest BCUT2D eigenvalue weighted by atomic mass is 9.85. The SMILES string of the molecule is NC(C1CCCc2[nH]c3ccccc3c21)S(=O)(=O)c1ccc(F)cc1. The Morgan fingerprint density at radius 3 is 2.60 bits per heavy atom. The molecule has 3 aromatic rings. The van der Waals surface area contributed by atoms with Gasteiger partial charge in [-0.05, 0) is 55.2 Å². The highest BCUT2D eigenvalue weighted by Gasteiger charge is 2.36. The average Bonchev–Trinajstić information content (AvgIpc) is 3.00. The monoisotopic (exact) mass is 358 g/mol. The number of para-hydroxylation sites is 1. The number of halogens is 1. The van der Waals surface area contributed by atoms with Gasteiger partial charge in [-0.2, -0.15) is 0 Å². The molecule has 25 heavy (non-hydrogen) atoms. The first-order chi connectivity index (χ1) is 12.0. The Morgan fingerprint density at radius 2 is 1.84 bits per heavy atom. The third-order valence-corrected chi connectivity index (χ3v) is 7.01. The van der Waals surface area contributed by atoms with Crippen molar-refractivity contribution in [3.8, 4) is 0 Å². The molecule has 130 valence electrons. The van der Waals surface area contributed by atoms with Crippen molar-refractivity contribution in [2.45, 2.75) is 35.4 Å². The van der Waals surface area contributed by atoms with Crippen molar-refractivity contribution in [2.24, 2.45) is 5.73 Å². The maximum absolute atomic E-state index is 13.1. The number of aromatic amines is 1. The summed E-state index contributed by atoms with van der Waals surface area (Å²) in [4.78, 5) is 3.46. The predicted octanol–water partition coefficient (Wildman–Crippen LogP) is 3.49. The van der Waals surface area contributed by atoms with Gasteiger partial charge < -0.3 is 10.7 Å². The number of rotatable bonds is 3. The van der Waals surface area contributed by atoms with Gasteiger partial charge in [-0.15, -0.1) is 0 Å². The summed E-state index contributed by atoms with van der Waals surface area (Å²) in [6, 6.07) is 12.8. The number of aromatic nitrogens is 1. The third kappa shape index (κ3) is 2.65. The zero-order valence-electron chi connectivity index (χ0n) is 13.6. The molecule has 0 bridgehead atoms. The van der Waals surface area contributed by atoms with E-state index in [1.165, 1.54) is 12.1 Å². The van der Waals surface area contributed by atoms with Crippen LogP contribution in [0.5, 0.6) is 0 Å². The van der Waals surface area contributed by atoms with Crippen molar-refractivity contribution in [2.75, 3.05) is 0 Å². The fourth-order valence-electron chi connectivity index (χ4n) is 3.81. The second kappa shape index (κ2) is 5.97. The van der Waals surface area contributed by atoms with Gasteiger partial charge in [-0.25, -0.2) is 12.8 Å². The Morgan fingerprint density at radius 1 is 1.12 bits per heavy atom. The average molecular weight is 358 g/mol. The fraction of sp³-hybridized carbons (Fsp3) is 0.263. The highest BCUT2D eigenvalue weighted by Crippen LogP contribution is 2.40. The Kier molecular flexibility index (Phi) is 3.89. The van der Waals surface area contributed by atoms with E-state index in [1.54, 1.807) is 0 Å². The van der Waals surface area contributed by atoms with Crippen LogP contribution in [0.1, 0.15) is 30.0 Å².